The van der Waals surface area contributed by atoms with Crippen molar-refractivity contribution in [3.05, 3.63) is 0 Å². The molecule has 0 aromatic rings. The third kappa shape index (κ3) is 6.49. The fraction of sp³-hybridized carbons (Fsp3) is 1.00. The van der Waals surface area contributed by atoms with E-state index in [2.05, 4.69) is 24.1 Å². The van der Waals surface area contributed by atoms with Gasteiger partial charge in [0.15, 0.2) is 0 Å². The lowest BCUT2D eigenvalue weighted by Crippen LogP contribution is -2.37. The highest BCUT2D eigenvalue weighted by molar-refractivity contribution is 4.74. The van der Waals surface area contributed by atoms with E-state index < -0.39 is 0 Å². The Labute approximate surface area is 103 Å². The zero-order chi connectivity index (χ0) is 12.2. The van der Waals surface area contributed by atoms with E-state index in [9.17, 15) is 0 Å². The lowest BCUT2D eigenvalue weighted by atomic mass is 10.0. The summed E-state index contributed by atoms with van der Waals surface area (Å²) in [7, 11) is 0. The van der Waals surface area contributed by atoms with Crippen LogP contribution in [0.1, 0.15) is 59.8 Å². The first-order chi connectivity index (χ1) is 7.88. The number of rotatable bonds is 5. The molecule has 2 nitrogen and oxygen atoms in total. The molecule has 0 aromatic carbocycles. The van der Waals surface area contributed by atoms with Gasteiger partial charge < -0.3 is 5.32 Å². The quantitative estimate of drug-likeness (QED) is 0.777. The molecule has 0 radical (unpaired) electrons. The number of hydrogen-bond donors (Lipinski definition) is 1. The van der Waals surface area contributed by atoms with Gasteiger partial charge in [0.1, 0.15) is 0 Å². The fourth-order valence-electron chi connectivity index (χ4n) is 2.41. The summed E-state index contributed by atoms with van der Waals surface area (Å²) >= 11 is 0. The number of hydrogen-bond acceptors (Lipinski definition) is 2. The van der Waals surface area contributed by atoms with Crippen molar-refractivity contribution in [1.82, 2.24) is 10.2 Å². The Balaban J connectivity index is 0.00000106. The highest BCUT2D eigenvalue weighted by Crippen LogP contribution is 2.14. The fourth-order valence-corrected chi connectivity index (χ4v) is 2.41. The Kier molecular flexibility index (Phi) is 11.3. The van der Waals surface area contributed by atoms with Gasteiger partial charge in [-0.2, -0.15) is 0 Å². The third-order valence-corrected chi connectivity index (χ3v) is 3.13. The molecule has 1 saturated heterocycles. The van der Waals surface area contributed by atoms with Crippen LogP contribution in [0.4, 0.5) is 0 Å². The zero-order valence-electron chi connectivity index (χ0n) is 11.9. The maximum atomic E-state index is 3.47. The molecule has 1 fully saturated rings. The van der Waals surface area contributed by atoms with Gasteiger partial charge in [-0.1, -0.05) is 40.5 Å². The smallest absolute Gasteiger partial charge is 0.0110 e. The van der Waals surface area contributed by atoms with E-state index in [1.165, 1.54) is 58.3 Å². The summed E-state index contributed by atoms with van der Waals surface area (Å²) in [5.41, 5.74) is 0. The van der Waals surface area contributed by atoms with E-state index in [0.29, 0.717) is 0 Å². The molecule has 0 saturated carbocycles. The van der Waals surface area contributed by atoms with Gasteiger partial charge in [0.05, 0.1) is 0 Å². The van der Waals surface area contributed by atoms with Gasteiger partial charge >= 0.3 is 0 Å². The van der Waals surface area contributed by atoms with Gasteiger partial charge in [-0.05, 0) is 32.4 Å². The van der Waals surface area contributed by atoms with Crippen LogP contribution in [0.2, 0.25) is 0 Å². The second-order valence-corrected chi connectivity index (χ2v) is 4.37. The molecular formula is C14H32N2. The summed E-state index contributed by atoms with van der Waals surface area (Å²) in [6.07, 6.45) is 6.74. The molecule has 1 aliphatic rings. The molecule has 0 aromatic heterocycles. The molecule has 0 aliphatic carbocycles. The van der Waals surface area contributed by atoms with Crippen molar-refractivity contribution in [2.45, 2.75) is 65.8 Å². The first kappa shape index (κ1) is 15.9. The lowest BCUT2D eigenvalue weighted by Gasteiger charge is -2.30. The molecule has 1 N–H and O–H groups in total. The van der Waals surface area contributed by atoms with Crippen LogP contribution in [0.15, 0.2) is 0 Å². The molecule has 1 rings (SSSR count). The van der Waals surface area contributed by atoms with Gasteiger partial charge in [0.25, 0.3) is 0 Å². The standard InChI is InChI=1S/C12H26N2.C2H6/c1-3-6-12(7-4-2)14-10-5-8-13-9-11-14;1-2/h12-13H,3-11H2,1-2H3;1-2H3. The predicted octanol–water partition coefficient (Wildman–Crippen LogP) is 3.28. The monoisotopic (exact) mass is 228 g/mol. The molecule has 98 valence electrons. The first-order valence-corrected chi connectivity index (χ1v) is 7.33. The van der Waals surface area contributed by atoms with E-state index in [4.69, 9.17) is 0 Å². The van der Waals surface area contributed by atoms with Crippen molar-refractivity contribution in [2.75, 3.05) is 26.2 Å². The Hall–Kier alpha value is -0.0800. The number of nitrogens with zero attached hydrogens (tertiary/aromatic N) is 1. The Morgan fingerprint density at radius 2 is 1.62 bits per heavy atom. The zero-order valence-corrected chi connectivity index (χ0v) is 11.9. The van der Waals surface area contributed by atoms with E-state index in [1.807, 2.05) is 13.8 Å². The minimum Gasteiger partial charge on any atom is -0.315 e. The second-order valence-electron chi connectivity index (χ2n) is 4.37. The minimum absolute atomic E-state index is 0.852. The summed E-state index contributed by atoms with van der Waals surface area (Å²) in [5.74, 6) is 0. The lowest BCUT2D eigenvalue weighted by molar-refractivity contribution is 0.186. The van der Waals surface area contributed by atoms with Crippen LogP contribution in [0, 0.1) is 0 Å². The molecule has 1 heterocycles. The van der Waals surface area contributed by atoms with Crippen molar-refractivity contribution >= 4 is 0 Å². The van der Waals surface area contributed by atoms with Gasteiger partial charge in [0, 0.05) is 19.1 Å². The van der Waals surface area contributed by atoms with Crippen molar-refractivity contribution in [3.8, 4) is 0 Å². The summed E-state index contributed by atoms with van der Waals surface area (Å²) in [6.45, 7) is 13.6. The van der Waals surface area contributed by atoms with Crippen LogP contribution in [0.3, 0.4) is 0 Å². The Bertz CT molecular complexity index is 123. The second kappa shape index (κ2) is 11.4. The molecule has 16 heavy (non-hydrogen) atoms. The summed E-state index contributed by atoms with van der Waals surface area (Å²) in [4.78, 5) is 2.70. The SMILES string of the molecule is CC.CCCC(CCC)N1CCCNCC1. The van der Waals surface area contributed by atoms with Crippen LogP contribution >= 0.6 is 0 Å². The van der Waals surface area contributed by atoms with Crippen LogP contribution in [0.25, 0.3) is 0 Å². The average molecular weight is 228 g/mol. The molecule has 0 bridgehead atoms. The highest BCUT2D eigenvalue weighted by atomic mass is 15.2. The molecule has 2 heteroatoms. The van der Waals surface area contributed by atoms with Crippen LogP contribution in [-0.4, -0.2) is 37.1 Å². The van der Waals surface area contributed by atoms with Crippen molar-refractivity contribution < 1.29 is 0 Å². The molecule has 0 unspecified atom stereocenters. The van der Waals surface area contributed by atoms with Crippen LogP contribution in [0.5, 0.6) is 0 Å². The number of nitrogens with one attached hydrogen (secondary N) is 1. The van der Waals surface area contributed by atoms with Crippen molar-refractivity contribution in [3.63, 3.8) is 0 Å². The van der Waals surface area contributed by atoms with E-state index in [1.54, 1.807) is 0 Å². The van der Waals surface area contributed by atoms with E-state index >= 15 is 0 Å². The van der Waals surface area contributed by atoms with E-state index in [-0.39, 0.29) is 0 Å². The minimum atomic E-state index is 0.852. The normalized spacial score (nSPS) is 17.8. The van der Waals surface area contributed by atoms with Crippen LogP contribution in [-0.2, 0) is 0 Å². The summed E-state index contributed by atoms with van der Waals surface area (Å²) in [6, 6.07) is 0.852. The predicted molar refractivity (Wildman–Crippen MR) is 74.0 cm³/mol. The maximum absolute atomic E-state index is 3.47. The van der Waals surface area contributed by atoms with Crippen molar-refractivity contribution in [1.29, 1.82) is 0 Å². The molecule has 0 amide bonds. The average Bonchev–Trinajstić information content (AvgIpc) is 2.60. The third-order valence-electron chi connectivity index (χ3n) is 3.13. The van der Waals surface area contributed by atoms with Gasteiger partial charge in [-0.25, -0.2) is 0 Å². The molecule has 0 spiro atoms. The first-order valence-electron chi connectivity index (χ1n) is 7.33. The Morgan fingerprint density at radius 1 is 1.00 bits per heavy atom. The van der Waals surface area contributed by atoms with Crippen LogP contribution < -0.4 is 5.32 Å². The topological polar surface area (TPSA) is 15.3 Å². The Morgan fingerprint density at radius 3 is 2.19 bits per heavy atom. The summed E-state index contributed by atoms with van der Waals surface area (Å²) < 4.78 is 0. The van der Waals surface area contributed by atoms with Crippen molar-refractivity contribution in [2.24, 2.45) is 0 Å². The highest BCUT2D eigenvalue weighted by Gasteiger charge is 2.17. The summed E-state index contributed by atoms with van der Waals surface area (Å²) in [5, 5.41) is 3.47. The van der Waals surface area contributed by atoms with Gasteiger partial charge in [0.2, 0.25) is 0 Å². The van der Waals surface area contributed by atoms with Gasteiger partial charge in [-0.3, -0.25) is 4.90 Å². The van der Waals surface area contributed by atoms with E-state index in [0.717, 1.165) is 6.04 Å². The van der Waals surface area contributed by atoms with Gasteiger partial charge in [-0.15, -0.1) is 0 Å². The maximum Gasteiger partial charge on any atom is 0.0110 e. The molecule has 0 atom stereocenters. The molecule has 1 aliphatic heterocycles. The largest absolute Gasteiger partial charge is 0.315 e. The molecular weight excluding hydrogens is 196 g/mol.